The second kappa shape index (κ2) is 12.9. The van der Waals surface area contributed by atoms with Crippen molar-refractivity contribution in [2.45, 2.75) is 78.4 Å². The number of hydrogen-bond donors (Lipinski definition) is 3. The molecule has 3 N–H and O–H groups in total. The molecule has 2 aromatic carbocycles. The molecule has 2 saturated carbocycles. The van der Waals surface area contributed by atoms with E-state index in [4.69, 9.17) is 28.2 Å². The molecule has 48 heavy (non-hydrogen) atoms. The minimum absolute atomic E-state index is 0.0129. The van der Waals surface area contributed by atoms with Gasteiger partial charge in [0, 0.05) is 38.6 Å². The molecule has 0 unspecified atom stereocenters. The summed E-state index contributed by atoms with van der Waals surface area (Å²) in [5.74, 6) is -1.13. The van der Waals surface area contributed by atoms with Crippen molar-refractivity contribution in [3.63, 3.8) is 0 Å². The van der Waals surface area contributed by atoms with Crippen molar-refractivity contribution in [3.05, 3.63) is 45.4 Å². The fourth-order valence-electron chi connectivity index (χ4n) is 6.93. The number of nitrogens with one attached hydrogen (secondary N) is 3. The molecule has 2 aliphatic carbocycles. The molecule has 260 valence electrons. The Kier molecular flexibility index (Phi) is 9.34. The van der Waals surface area contributed by atoms with Gasteiger partial charge in [0.1, 0.15) is 0 Å². The summed E-state index contributed by atoms with van der Waals surface area (Å²) in [6.45, 7) is 7.81. The zero-order valence-electron chi connectivity index (χ0n) is 27.8. The molecule has 0 bridgehead atoms. The Labute approximate surface area is 289 Å². The van der Waals surface area contributed by atoms with Crippen molar-refractivity contribution in [1.82, 2.24) is 20.2 Å². The largest absolute Gasteiger partial charge is 0.391 e. The maximum atomic E-state index is 13.8. The van der Waals surface area contributed by atoms with Crippen LogP contribution in [0.1, 0.15) is 81.6 Å². The molecule has 0 radical (unpaired) electrons. The Morgan fingerprint density at radius 1 is 1.02 bits per heavy atom. The van der Waals surface area contributed by atoms with Crippen LogP contribution in [0.3, 0.4) is 0 Å². The number of anilines is 3. The molecule has 1 aromatic heterocycles. The number of benzene rings is 2. The molecule has 6 rings (SSSR count). The number of halogens is 5. The Balaban J connectivity index is 1.25. The predicted molar refractivity (Wildman–Crippen MR) is 184 cm³/mol. The summed E-state index contributed by atoms with van der Waals surface area (Å²) < 4.78 is 41.4. The van der Waals surface area contributed by atoms with Crippen molar-refractivity contribution in [3.8, 4) is 0 Å². The number of rotatable bonds is 8. The molecular weight excluding hydrogens is 664 g/mol. The highest BCUT2D eigenvalue weighted by molar-refractivity contribution is 6.39. The molecule has 3 aromatic rings. The molecule has 8 nitrogen and oxygen atoms in total. The first kappa shape index (κ1) is 34.7. The molecule has 3 fully saturated rings. The van der Waals surface area contributed by atoms with Gasteiger partial charge in [-0.15, -0.1) is 0 Å². The average molecular weight is 708 g/mol. The van der Waals surface area contributed by atoms with Gasteiger partial charge >= 0.3 is 6.18 Å². The summed E-state index contributed by atoms with van der Waals surface area (Å²) in [6, 6.07) is 7.29. The molecule has 2 amide bonds. The lowest BCUT2D eigenvalue weighted by molar-refractivity contribution is -0.183. The van der Waals surface area contributed by atoms with Gasteiger partial charge in [-0.25, -0.2) is 4.98 Å². The van der Waals surface area contributed by atoms with Crippen molar-refractivity contribution in [1.29, 1.82) is 0 Å². The van der Waals surface area contributed by atoms with Crippen LogP contribution in [0.15, 0.2) is 24.3 Å². The van der Waals surface area contributed by atoms with Crippen LogP contribution in [-0.4, -0.2) is 47.2 Å². The molecule has 1 aliphatic heterocycles. The fraction of sp³-hybridized carbons (Fsp3) is 0.571. The average Bonchev–Trinajstić information content (AvgIpc) is 3.55. The van der Waals surface area contributed by atoms with Crippen LogP contribution in [-0.2, 0) is 18.4 Å². The number of imidazole rings is 1. The van der Waals surface area contributed by atoms with E-state index in [-0.39, 0.29) is 37.1 Å². The number of hydrogen-bond acceptors (Lipinski definition) is 5. The third-order valence-electron chi connectivity index (χ3n) is 10.4. The van der Waals surface area contributed by atoms with Crippen LogP contribution in [0.2, 0.25) is 10.0 Å². The van der Waals surface area contributed by atoms with E-state index in [0.717, 1.165) is 30.7 Å². The van der Waals surface area contributed by atoms with Crippen LogP contribution < -0.4 is 20.9 Å². The minimum Gasteiger partial charge on any atom is -0.370 e. The molecule has 1 saturated heterocycles. The lowest BCUT2D eigenvalue weighted by Crippen LogP contribution is -2.35. The third kappa shape index (κ3) is 7.22. The molecule has 0 atom stereocenters. The first-order valence-corrected chi connectivity index (χ1v) is 17.4. The van der Waals surface area contributed by atoms with Gasteiger partial charge in [0.05, 0.1) is 43.9 Å². The van der Waals surface area contributed by atoms with E-state index in [1.54, 1.807) is 18.2 Å². The SMILES string of the molecule is Cn1c(Nc2c(Cl)ccc(CNC(=O)C(C)(C)C)c2Cl)nc2cc(C(=O)NCC3CCC(C(F)(F)F)CC3)c(N3CCC4(CC4)C3)cc21. The number of amides is 2. The fourth-order valence-corrected chi connectivity index (χ4v) is 7.47. The second-order valence-corrected chi connectivity index (χ2v) is 15.7. The van der Waals surface area contributed by atoms with E-state index in [0.29, 0.717) is 63.1 Å². The highest BCUT2D eigenvalue weighted by Gasteiger charge is 2.48. The lowest BCUT2D eigenvalue weighted by atomic mass is 9.81. The normalized spacial score (nSPS) is 20.7. The predicted octanol–water partition coefficient (Wildman–Crippen LogP) is 8.37. The molecule has 1 spiro atoms. The van der Waals surface area contributed by atoms with Gasteiger partial charge in [-0.1, -0.05) is 50.0 Å². The van der Waals surface area contributed by atoms with Gasteiger partial charge in [0.15, 0.2) is 0 Å². The van der Waals surface area contributed by atoms with E-state index in [9.17, 15) is 22.8 Å². The summed E-state index contributed by atoms with van der Waals surface area (Å²) >= 11 is 13.4. The Morgan fingerprint density at radius 2 is 1.73 bits per heavy atom. The van der Waals surface area contributed by atoms with Crippen molar-refractivity contribution in [2.24, 2.45) is 29.7 Å². The third-order valence-corrected chi connectivity index (χ3v) is 11.1. The van der Waals surface area contributed by atoms with Crippen LogP contribution in [0.25, 0.3) is 11.0 Å². The van der Waals surface area contributed by atoms with Crippen LogP contribution in [0, 0.1) is 22.7 Å². The molecule has 3 aliphatic rings. The number of carbonyl (C=O) groups excluding carboxylic acids is 2. The van der Waals surface area contributed by atoms with Gasteiger partial charge in [-0.3, -0.25) is 9.59 Å². The van der Waals surface area contributed by atoms with Crippen LogP contribution in [0.5, 0.6) is 0 Å². The quantitative estimate of drug-likeness (QED) is 0.219. The van der Waals surface area contributed by atoms with E-state index in [2.05, 4.69) is 20.9 Å². The van der Waals surface area contributed by atoms with Crippen molar-refractivity contribution >= 4 is 63.4 Å². The first-order valence-electron chi connectivity index (χ1n) is 16.7. The minimum atomic E-state index is -4.16. The van der Waals surface area contributed by atoms with E-state index in [1.807, 2.05) is 38.5 Å². The number of aryl methyl sites for hydroxylation is 1. The van der Waals surface area contributed by atoms with Gasteiger partial charge in [0.25, 0.3) is 5.91 Å². The smallest absolute Gasteiger partial charge is 0.370 e. The number of carbonyl (C=O) groups is 2. The summed E-state index contributed by atoms with van der Waals surface area (Å²) in [6.07, 6.45) is 0.378. The van der Waals surface area contributed by atoms with Crippen molar-refractivity contribution < 1.29 is 22.8 Å². The van der Waals surface area contributed by atoms with Crippen LogP contribution in [0.4, 0.5) is 30.5 Å². The topological polar surface area (TPSA) is 91.3 Å². The monoisotopic (exact) mass is 706 g/mol. The molecular formula is C35H43Cl2F3N6O2. The Morgan fingerprint density at radius 3 is 2.35 bits per heavy atom. The van der Waals surface area contributed by atoms with E-state index >= 15 is 0 Å². The summed E-state index contributed by atoms with van der Waals surface area (Å²) in [7, 11) is 1.88. The standard InChI is InChI=1S/C35H43Cl2F3N6O2/c1-33(2,3)31(48)42-18-21-7-10-24(36)29(28(21)37)44-32-43-25-15-23(30(47)41-17-20-5-8-22(9-6-20)35(38,39)40)26(16-27(25)45(32)4)46-14-13-34(19-46)11-12-34/h7,10,15-16,20,22H,5-6,8-9,11-14,17-19H2,1-4H3,(H,41,47)(H,42,48)(H,43,44). The zero-order chi connectivity index (χ0) is 34.6. The Hall–Kier alpha value is -3.18. The van der Waals surface area contributed by atoms with Gasteiger partial charge < -0.3 is 25.4 Å². The summed E-state index contributed by atoms with van der Waals surface area (Å²) in [5.41, 5.74) is 3.65. The lowest BCUT2D eigenvalue weighted by Gasteiger charge is -2.30. The summed E-state index contributed by atoms with van der Waals surface area (Å²) in [4.78, 5) is 33.3. The van der Waals surface area contributed by atoms with Crippen molar-refractivity contribution in [2.75, 3.05) is 29.9 Å². The molecule has 13 heteroatoms. The highest BCUT2D eigenvalue weighted by atomic mass is 35.5. The zero-order valence-corrected chi connectivity index (χ0v) is 29.3. The number of alkyl halides is 3. The first-order chi connectivity index (χ1) is 22.5. The van der Waals surface area contributed by atoms with Crippen LogP contribution >= 0.6 is 23.2 Å². The maximum absolute atomic E-state index is 13.8. The Bertz CT molecular complexity index is 1720. The highest BCUT2D eigenvalue weighted by Crippen LogP contribution is 2.54. The second-order valence-electron chi connectivity index (χ2n) is 14.9. The number of fused-ring (bicyclic) bond motifs is 1. The maximum Gasteiger partial charge on any atom is 0.391 e. The summed E-state index contributed by atoms with van der Waals surface area (Å²) in [5, 5.41) is 9.98. The van der Waals surface area contributed by atoms with Gasteiger partial charge in [-0.2, -0.15) is 13.2 Å². The van der Waals surface area contributed by atoms with E-state index < -0.39 is 17.5 Å². The number of aromatic nitrogens is 2. The van der Waals surface area contributed by atoms with Gasteiger partial charge in [-0.05, 0) is 80.0 Å². The molecule has 2 heterocycles. The number of nitrogens with zero attached hydrogens (tertiary/aromatic N) is 3. The van der Waals surface area contributed by atoms with Gasteiger partial charge in [0.2, 0.25) is 11.9 Å². The van der Waals surface area contributed by atoms with E-state index in [1.165, 1.54) is 12.8 Å².